The van der Waals surface area contributed by atoms with Crippen molar-refractivity contribution >= 4 is 24.2 Å². The van der Waals surface area contributed by atoms with Gasteiger partial charge in [0.05, 0.1) is 5.54 Å². The average Bonchev–Trinajstić information content (AvgIpc) is 2.54. The Bertz CT molecular complexity index is 539. The van der Waals surface area contributed by atoms with Gasteiger partial charge in [0.15, 0.2) is 0 Å². The highest BCUT2D eigenvalue weighted by atomic mass is 35.5. The summed E-state index contributed by atoms with van der Waals surface area (Å²) in [6.45, 7) is 3.43. The van der Waals surface area contributed by atoms with Crippen LogP contribution in [0.25, 0.3) is 0 Å². The van der Waals surface area contributed by atoms with E-state index in [1.807, 2.05) is 26.1 Å². The molecule has 0 radical (unpaired) electrons. The average molecular weight is 340 g/mol. The molecule has 0 aromatic heterocycles. The Morgan fingerprint density at radius 2 is 1.91 bits per heavy atom. The van der Waals surface area contributed by atoms with Crippen molar-refractivity contribution in [2.45, 2.75) is 38.3 Å². The summed E-state index contributed by atoms with van der Waals surface area (Å²) < 4.78 is 0. The molecule has 23 heavy (non-hydrogen) atoms. The van der Waals surface area contributed by atoms with Gasteiger partial charge in [0.1, 0.15) is 0 Å². The van der Waals surface area contributed by atoms with Crippen molar-refractivity contribution in [2.75, 3.05) is 20.6 Å². The van der Waals surface area contributed by atoms with Crippen molar-refractivity contribution in [1.82, 2.24) is 15.5 Å². The van der Waals surface area contributed by atoms with Gasteiger partial charge >= 0.3 is 0 Å². The van der Waals surface area contributed by atoms with Gasteiger partial charge in [0, 0.05) is 26.2 Å². The van der Waals surface area contributed by atoms with Crippen LogP contribution in [0, 0.1) is 0 Å². The molecule has 2 N–H and O–H groups in total. The Balaban J connectivity index is 0.00000264. The number of piperidine rings is 1. The number of likely N-dealkylation sites (N-methyl/N-ethyl adjacent to an activating group) is 1. The number of hydrogen-bond acceptors (Lipinski definition) is 3. The topological polar surface area (TPSA) is 61.4 Å². The third-order valence-electron chi connectivity index (χ3n) is 4.30. The predicted octanol–water partition coefficient (Wildman–Crippen LogP) is 1.96. The zero-order valence-corrected chi connectivity index (χ0v) is 14.8. The van der Waals surface area contributed by atoms with Crippen LogP contribution < -0.4 is 10.6 Å². The molecule has 0 aliphatic carbocycles. The highest BCUT2D eigenvalue weighted by Gasteiger charge is 2.36. The lowest BCUT2D eigenvalue weighted by Gasteiger charge is -2.36. The van der Waals surface area contributed by atoms with Gasteiger partial charge in [-0.05, 0) is 50.4 Å². The molecule has 1 fully saturated rings. The Labute approximate surface area is 144 Å². The van der Waals surface area contributed by atoms with E-state index in [2.05, 4.69) is 10.6 Å². The maximum Gasteiger partial charge on any atom is 0.251 e. The molecule has 2 amide bonds. The van der Waals surface area contributed by atoms with E-state index in [1.54, 1.807) is 24.1 Å². The minimum Gasteiger partial charge on any atom is -0.355 e. The first-order valence-corrected chi connectivity index (χ1v) is 7.78. The van der Waals surface area contributed by atoms with Crippen LogP contribution in [0.2, 0.25) is 0 Å². The van der Waals surface area contributed by atoms with Crippen molar-refractivity contribution in [3.63, 3.8) is 0 Å². The molecule has 1 saturated heterocycles. The molecule has 1 heterocycles. The molecule has 1 aromatic rings. The summed E-state index contributed by atoms with van der Waals surface area (Å²) in [5, 5.41) is 5.95. The smallest absolute Gasteiger partial charge is 0.251 e. The largest absolute Gasteiger partial charge is 0.355 e. The number of benzene rings is 1. The van der Waals surface area contributed by atoms with Crippen molar-refractivity contribution in [3.05, 3.63) is 35.4 Å². The summed E-state index contributed by atoms with van der Waals surface area (Å²) in [5.74, 6) is 0.0254. The summed E-state index contributed by atoms with van der Waals surface area (Å²) in [6, 6.07) is 7.36. The molecule has 0 bridgehead atoms. The van der Waals surface area contributed by atoms with Crippen molar-refractivity contribution < 1.29 is 9.59 Å². The third kappa shape index (κ3) is 4.69. The van der Waals surface area contributed by atoms with E-state index in [4.69, 9.17) is 0 Å². The van der Waals surface area contributed by atoms with E-state index in [0.29, 0.717) is 12.1 Å². The molecule has 1 aromatic carbocycles. The minimum atomic E-state index is -0.449. The van der Waals surface area contributed by atoms with Crippen LogP contribution in [0.3, 0.4) is 0 Å². The van der Waals surface area contributed by atoms with Gasteiger partial charge in [-0.2, -0.15) is 0 Å². The summed E-state index contributed by atoms with van der Waals surface area (Å²) in [7, 11) is 3.44. The van der Waals surface area contributed by atoms with Crippen LogP contribution >= 0.6 is 12.4 Å². The number of hydrogen-bond donors (Lipinski definition) is 2. The molecule has 2 rings (SSSR count). The molecule has 1 aliphatic heterocycles. The Morgan fingerprint density at radius 1 is 1.26 bits per heavy atom. The van der Waals surface area contributed by atoms with Crippen molar-refractivity contribution in [3.8, 4) is 0 Å². The normalized spacial score (nSPS) is 20.3. The van der Waals surface area contributed by atoms with E-state index in [1.165, 1.54) is 0 Å². The van der Waals surface area contributed by atoms with Crippen LogP contribution in [-0.4, -0.2) is 42.9 Å². The minimum absolute atomic E-state index is 0. The highest BCUT2D eigenvalue weighted by Crippen LogP contribution is 2.21. The fraction of sp³-hybridized carbons (Fsp3) is 0.529. The first-order valence-electron chi connectivity index (χ1n) is 7.78. The maximum absolute atomic E-state index is 12.6. The summed E-state index contributed by atoms with van der Waals surface area (Å²) in [6.07, 6.45) is 3.10. The maximum atomic E-state index is 12.6. The zero-order valence-electron chi connectivity index (χ0n) is 14.0. The number of rotatable bonds is 4. The first kappa shape index (κ1) is 19.5. The van der Waals surface area contributed by atoms with Crippen molar-refractivity contribution in [2.24, 2.45) is 0 Å². The lowest BCUT2D eigenvalue weighted by atomic mass is 9.89. The zero-order chi connectivity index (χ0) is 16.2. The van der Waals surface area contributed by atoms with E-state index in [9.17, 15) is 9.59 Å². The molecule has 0 spiro atoms. The third-order valence-corrected chi connectivity index (χ3v) is 4.30. The molecule has 6 heteroatoms. The van der Waals surface area contributed by atoms with Gasteiger partial charge in [-0.1, -0.05) is 12.1 Å². The fourth-order valence-corrected chi connectivity index (χ4v) is 2.91. The summed E-state index contributed by atoms with van der Waals surface area (Å²) >= 11 is 0. The van der Waals surface area contributed by atoms with Crippen LogP contribution in [0.5, 0.6) is 0 Å². The van der Waals surface area contributed by atoms with Crippen LogP contribution in [0.1, 0.15) is 42.1 Å². The van der Waals surface area contributed by atoms with Gasteiger partial charge < -0.3 is 15.5 Å². The number of carbonyl (C=O) groups is 2. The lowest BCUT2D eigenvalue weighted by Crippen LogP contribution is -2.57. The molecular formula is C17H26ClN3O2. The van der Waals surface area contributed by atoms with Gasteiger partial charge in [-0.25, -0.2) is 0 Å². The van der Waals surface area contributed by atoms with Gasteiger partial charge in [-0.3, -0.25) is 9.59 Å². The molecule has 1 unspecified atom stereocenters. The summed E-state index contributed by atoms with van der Waals surface area (Å²) in [5.41, 5.74) is 1.19. The SMILES string of the molecule is CNC(=O)c1ccc(CN(C)C(=O)C2(C)CCCCN2)cc1.Cl. The number of nitrogens with one attached hydrogen (secondary N) is 2. The van der Waals surface area contributed by atoms with Crippen molar-refractivity contribution in [1.29, 1.82) is 0 Å². The van der Waals surface area contributed by atoms with E-state index in [-0.39, 0.29) is 24.2 Å². The van der Waals surface area contributed by atoms with Gasteiger partial charge in [0.2, 0.25) is 5.91 Å². The first-order chi connectivity index (χ1) is 10.5. The van der Waals surface area contributed by atoms with Gasteiger partial charge in [-0.15, -0.1) is 12.4 Å². The van der Waals surface area contributed by atoms with E-state index >= 15 is 0 Å². The van der Waals surface area contributed by atoms with Crippen LogP contribution in [0.15, 0.2) is 24.3 Å². The number of carbonyl (C=O) groups excluding carboxylic acids is 2. The van der Waals surface area contributed by atoms with E-state index < -0.39 is 5.54 Å². The molecule has 128 valence electrons. The number of amides is 2. The van der Waals surface area contributed by atoms with Crippen LogP contribution in [-0.2, 0) is 11.3 Å². The summed E-state index contributed by atoms with van der Waals surface area (Å²) in [4.78, 5) is 25.9. The second kappa shape index (κ2) is 8.31. The fourth-order valence-electron chi connectivity index (χ4n) is 2.91. The molecule has 1 aliphatic rings. The number of halogens is 1. The standard InChI is InChI=1S/C17H25N3O2.ClH/c1-17(10-4-5-11-19-17)16(22)20(3)12-13-6-8-14(9-7-13)15(21)18-2;/h6-9,19H,4-5,10-12H2,1-3H3,(H,18,21);1H. The molecule has 1 atom stereocenters. The number of nitrogens with zero attached hydrogens (tertiary/aromatic N) is 1. The Hall–Kier alpha value is -1.59. The Kier molecular flexibility index (Phi) is 7.03. The highest BCUT2D eigenvalue weighted by molar-refractivity contribution is 5.94. The molecule has 5 nitrogen and oxygen atoms in total. The lowest BCUT2D eigenvalue weighted by molar-refractivity contribution is -0.137. The van der Waals surface area contributed by atoms with E-state index in [0.717, 1.165) is 31.4 Å². The van der Waals surface area contributed by atoms with Gasteiger partial charge in [0.25, 0.3) is 5.91 Å². The Morgan fingerprint density at radius 3 is 2.43 bits per heavy atom. The quantitative estimate of drug-likeness (QED) is 0.881. The second-order valence-electron chi connectivity index (χ2n) is 6.15. The predicted molar refractivity (Wildman–Crippen MR) is 93.8 cm³/mol. The second-order valence-corrected chi connectivity index (χ2v) is 6.15. The molecule has 0 saturated carbocycles. The monoisotopic (exact) mass is 339 g/mol. The van der Waals surface area contributed by atoms with Crippen LogP contribution in [0.4, 0.5) is 0 Å². The molecular weight excluding hydrogens is 314 g/mol.